The number of carbonyl (C=O) groups excluding carboxylic acids is 1. The van der Waals surface area contributed by atoms with Gasteiger partial charge in [-0.15, -0.1) is 0 Å². The Morgan fingerprint density at radius 2 is 1.80 bits per heavy atom. The zero-order chi connectivity index (χ0) is 14.9. The predicted octanol–water partition coefficient (Wildman–Crippen LogP) is 2.55. The molecule has 1 aromatic rings. The number of rotatable bonds is 2. The molecule has 1 heterocycles. The van der Waals surface area contributed by atoms with Gasteiger partial charge in [-0.3, -0.25) is 9.59 Å². The van der Waals surface area contributed by atoms with Crippen molar-refractivity contribution in [3.63, 3.8) is 0 Å². The molecular formula is C16H21NO3. The third kappa shape index (κ3) is 2.84. The lowest BCUT2D eigenvalue weighted by Crippen LogP contribution is -2.42. The highest BCUT2D eigenvalue weighted by atomic mass is 16.4. The quantitative estimate of drug-likeness (QED) is 0.902. The number of hydrogen-bond donors (Lipinski definition) is 1. The lowest BCUT2D eigenvalue weighted by atomic mass is 9.95. The summed E-state index contributed by atoms with van der Waals surface area (Å²) in [6, 6.07) is 4.00. The minimum atomic E-state index is -0.806. The Labute approximate surface area is 119 Å². The highest BCUT2D eigenvalue weighted by Gasteiger charge is 2.29. The molecule has 1 amide bonds. The van der Waals surface area contributed by atoms with Crippen LogP contribution in [0.15, 0.2) is 12.1 Å². The number of amides is 1. The number of aryl methyl sites for hydroxylation is 3. The van der Waals surface area contributed by atoms with Crippen LogP contribution in [0.25, 0.3) is 0 Å². The van der Waals surface area contributed by atoms with Crippen molar-refractivity contribution in [3.8, 4) is 0 Å². The van der Waals surface area contributed by atoms with E-state index in [2.05, 4.69) is 0 Å². The Balaban J connectivity index is 2.25. The summed E-state index contributed by atoms with van der Waals surface area (Å²) in [5.41, 5.74) is 3.79. The Morgan fingerprint density at radius 1 is 1.20 bits per heavy atom. The number of hydrogen-bond acceptors (Lipinski definition) is 2. The van der Waals surface area contributed by atoms with Crippen LogP contribution in [-0.4, -0.2) is 35.0 Å². The lowest BCUT2D eigenvalue weighted by molar-refractivity contribution is -0.143. The van der Waals surface area contributed by atoms with Gasteiger partial charge in [0, 0.05) is 18.7 Å². The van der Waals surface area contributed by atoms with Crippen LogP contribution in [0.5, 0.6) is 0 Å². The molecule has 1 aliphatic rings. The third-order valence-corrected chi connectivity index (χ3v) is 3.95. The Morgan fingerprint density at radius 3 is 2.35 bits per heavy atom. The summed E-state index contributed by atoms with van der Waals surface area (Å²) in [7, 11) is 0. The normalized spacial score (nSPS) is 18.9. The first-order chi connectivity index (χ1) is 9.40. The Hall–Kier alpha value is -1.84. The maximum Gasteiger partial charge on any atom is 0.308 e. The van der Waals surface area contributed by atoms with Crippen molar-refractivity contribution in [2.24, 2.45) is 5.92 Å². The average Bonchev–Trinajstić information content (AvgIpc) is 2.37. The fourth-order valence-corrected chi connectivity index (χ4v) is 3.04. The fraction of sp³-hybridized carbons (Fsp3) is 0.500. The van der Waals surface area contributed by atoms with E-state index < -0.39 is 11.9 Å². The monoisotopic (exact) mass is 275 g/mol. The van der Waals surface area contributed by atoms with Gasteiger partial charge >= 0.3 is 5.97 Å². The second-order valence-electron chi connectivity index (χ2n) is 5.70. The number of benzene rings is 1. The topological polar surface area (TPSA) is 57.6 Å². The second kappa shape index (κ2) is 5.65. The molecule has 1 atom stereocenters. The van der Waals surface area contributed by atoms with Crippen LogP contribution < -0.4 is 0 Å². The van der Waals surface area contributed by atoms with E-state index in [9.17, 15) is 9.59 Å². The molecular weight excluding hydrogens is 254 g/mol. The van der Waals surface area contributed by atoms with E-state index >= 15 is 0 Å². The van der Waals surface area contributed by atoms with Gasteiger partial charge < -0.3 is 10.0 Å². The predicted molar refractivity (Wildman–Crippen MR) is 76.9 cm³/mol. The molecule has 0 spiro atoms. The summed E-state index contributed by atoms with van der Waals surface area (Å²) in [5.74, 6) is -1.27. The average molecular weight is 275 g/mol. The van der Waals surface area contributed by atoms with Crippen molar-refractivity contribution in [2.75, 3.05) is 13.1 Å². The van der Waals surface area contributed by atoms with Gasteiger partial charge in [-0.25, -0.2) is 0 Å². The molecule has 1 aliphatic heterocycles. The van der Waals surface area contributed by atoms with E-state index in [0.717, 1.165) is 28.7 Å². The van der Waals surface area contributed by atoms with E-state index in [1.165, 1.54) is 0 Å². The largest absolute Gasteiger partial charge is 0.481 e. The Kier molecular flexibility index (Phi) is 4.12. The number of carbonyl (C=O) groups is 2. The van der Waals surface area contributed by atoms with Gasteiger partial charge in [0.2, 0.25) is 0 Å². The molecule has 4 heteroatoms. The van der Waals surface area contributed by atoms with Crippen molar-refractivity contribution in [1.29, 1.82) is 0 Å². The van der Waals surface area contributed by atoms with Gasteiger partial charge in [-0.2, -0.15) is 0 Å². The molecule has 0 bridgehead atoms. The van der Waals surface area contributed by atoms with Crippen LogP contribution in [0.4, 0.5) is 0 Å². The Bertz CT molecular complexity index is 528. The first kappa shape index (κ1) is 14.6. The molecule has 0 aliphatic carbocycles. The van der Waals surface area contributed by atoms with Gasteiger partial charge in [0.15, 0.2) is 0 Å². The summed E-state index contributed by atoms with van der Waals surface area (Å²) >= 11 is 0. The molecule has 1 N–H and O–H groups in total. The van der Waals surface area contributed by atoms with Crippen LogP contribution in [0.3, 0.4) is 0 Å². The molecule has 0 unspecified atom stereocenters. The van der Waals surface area contributed by atoms with Crippen LogP contribution >= 0.6 is 0 Å². The highest BCUT2D eigenvalue weighted by Crippen LogP contribution is 2.23. The smallest absolute Gasteiger partial charge is 0.308 e. The molecule has 108 valence electrons. The van der Waals surface area contributed by atoms with Gasteiger partial charge in [0.1, 0.15) is 0 Å². The number of nitrogens with zero attached hydrogens (tertiary/aromatic N) is 1. The van der Waals surface area contributed by atoms with Crippen LogP contribution in [0.1, 0.15) is 39.9 Å². The lowest BCUT2D eigenvalue weighted by Gasteiger charge is -2.31. The van der Waals surface area contributed by atoms with Crippen molar-refractivity contribution < 1.29 is 14.7 Å². The van der Waals surface area contributed by atoms with Gasteiger partial charge in [0.25, 0.3) is 5.91 Å². The number of aliphatic carboxylic acids is 1. The van der Waals surface area contributed by atoms with Crippen LogP contribution in [0.2, 0.25) is 0 Å². The fourth-order valence-electron chi connectivity index (χ4n) is 3.04. The number of carboxylic acids is 1. The molecule has 2 rings (SSSR count). The summed E-state index contributed by atoms with van der Waals surface area (Å²) in [4.78, 5) is 25.4. The highest BCUT2D eigenvalue weighted by molar-refractivity contribution is 5.97. The van der Waals surface area contributed by atoms with Crippen molar-refractivity contribution in [3.05, 3.63) is 34.4 Å². The van der Waals surface area contributed by atoms with Gasteiger partial charge in [-0.1, -0.05) is 17.7 Å². The molecule has 0 radical (unpaired) electrons. The maximum atomic E-state index is 12.7. The number of piperidine rings is 1. The van der Waals surface area contributed by atoms with Crippen molar-refractivity contribution >= 4 is 11.9 Å². The van der Waals surface area contributed by atoms with Crippen molar-refractivity contribution in [2.45, 2.75) is 33.6 Å². The molecule has 20 heavy (non-hydrogen) atoms. The molecule has 1 fully saturated rings. The standard InChI is InChI=1S/C16H21NO3/c1-10-7-11(2)14(12(3)8-10)15(18)17-6-4-5-13(9-17)16(19)20/h7-8,13H,4-6,9H2,1-3H3,(H,19,20)/t13-/m0/s1. The van der Waals surface area contributed by atoms with Crippen molar-refractivity contribution in [1.82, 2.24) is 4.90 Å². The van der Waals surface area contributed by atoms with E-state index in [1.54, 1.807) is 4.90 Å². The minimum Gasteiger partial charge on any atom is -0.481 e. The van der Waals surface area contributed by atoms with Gasteiger partial charge in [-0.05, 0) is 44.7 Å². The summed E-state index contributed by atoms with van der Waals surface area (Å²) in [6.07, 6.45) is 1.41. The number of carboxylic acid groups (broad SMARTS) is 1. The summed E-state index contributed by atoms with van der Waals surface area (Å²) in [6.45, 7) is 6.85. The van der Waals surface area contributed by atoms with E-state index in [-0.39, 0.29) is 5.91 Å². The first-order valence-electron chi connectivity index (χ1n) is 7.00. The first-order valence-corrected chi connectivity index (χ1v) is 7.00. The molecule has 4 nitrogen and oxygen atoms in total. The zero-order valence-corrected chi connectivity index (χ0v) is 12.3. The second-order valence-corrected chi connectivity index (χ2v) is 5.70. The van der Waals surface area contributed by atoms with Gasteiger partial charge in [0.05, 0.1) is 5.92 Å². The molecule has 1 saturated heterocycles. The zero-order valence-electron chi connectivity index (χ0n) is 12.3. The summed E-state index contributed by atoms with van der Waals surface area (Å²) < 4.78 is 0. The van der Waals surface area contributed by atoms with E-state index in [4.69, 9.17) is 5.11 Å². The van der Waals surface area contributed by atoms with Crippen LogP contribution in [-0.2, 0) is 4.79 Å². The maximum absolute atomic E-state index is 12.7. The molecule has 1 aromatic carbocycles. The van der Waals surface area contributed by atoms with Crippen LogP contribution in [0, 0.1) is 26.7 Å². The third-order valence-electron chi connectivity index (χ3n) is 3.95. The molecule has 0 aromatic heterocycles. The number of likely N-dealkylation sites (tertiary alicyclic amines) is 1. The summed E-state index contributed by atoms with van der Waals surface area (Å²) in [5, 5.41) is 9.12. The minimum absolute atomic E-state index is 0.0362. The van der Waals surface area contributed by atoms with E-state index in [0.29, 0.717) is 19.5 Å². The SMILES string of the molecule is Cc1cc(C)c(C(=O)N2CCC[C@H](C(=O)O)C2)c(C)c1. The van der Waals surface area contributed by atoms with E-state index in [1.807, 2.05) is 32.9 Å². The molecule has 0 saturated carbocycles.